The minimum Gasteiger partial charge on any atom is -0.232 e. The summed E-state index contributed by atoms with van der Waals surface area (Å²) in [4.78, 5) is 15.7. The van der Waals surface area contributed by atoms with Gasteiger partial charge in [-0.05, 0) is 26.0 Å². The molecule has 0 fully saturated rings. The molecule has 0 atom stereocenters. The smallest absolute Gasteiger partial charge is 0.192 e. The van der Waals surface area contributed by atoms with Crippen molar-refractivity contribution < 1.29 is 9.87 Å². The van der Waals surface area contributed by atoms with Crippen molar-refractivity contribution in [3.8, 4) is 0 Å². The molecule has 5 nitrogen and oxygen atoms in total. The maximum absolute atomic E-state index is 10.6. The Kier molecular flexibility index (Phi) is 3.41. The van der Waals surface area contributed by atoms with Crippen LogP contribution in [0.3, 0.4) is 0 Å². The summed E-state index contributed by atoms with van der Waals surface area (Å²) in [6, 6.07) is 8.46. The van der Waals surface area contributed by atoms with Gasteiger partial charge in [-0.25, -0.2) is 15.0 Å². The van der Waals surface area contributed by atoms with E-state index in [4.69, 9.17) is 4.84 Å². The van der Waals surface area contributed by atoms with Gasteiger partial charge in [-0.3, -0.25) is 0 Å². The van der Waals surface area contributed by atoms with Crippen LogP contribution in [0.25, 0.3) is 0 Å². The maximum atomic E-state index is 10.6. The molecular weight excluding hydrogens is 184 g/mol. The van der Waals surface area contributed by atoms with Crippen LogP contribution in [0.15, 0.2) is 30.3 Å². The minimum absolute atomic E-state index is 0.236. The van der Waals surface area contributed by atoms with E-state index in [0.29, 0.717) is 10.9 Å². The SMILES string of the molecule is CC(C)ON(c1ccccc1)[N+](=O)[O-]. The van der Waals surface area contributed by atoms with Crippen molar-refractivity contribution in [3.63, 3.8) is 0 Å². The summed E-state index contributed by atoms with van der Waals surface area (Å²) in [5.41, 5.74) is 0.409. The number of rotatable bonds is 4. The summed E-state index contributed by atoms with van der Waals surface area (Å²) < 4.78 is 0. The summed E-state index contributed by atoms with van der Waals surface area (Å²) in [5, 5.41) is 10.7. The van der Waals surface area contributed by atoms with Crippen LogP contribution in [0.1, 0.15) is 13.8 Å². The number of hydrogen-bond acceptors (Lipinski definition) is 3. The van der Waals surface area contributed by atoms with Gasteiger partial charge in [0, 0.05) is 5.17 Å². The molecule has 0 heterocycles. The highest BCUT2D eigenvalue weighted by Gasteiger charge is 2.19. The lowest BCUT2D eigenvalue weighted by atomic mass is 10.3. The van der Waals surface area contributed by atoms with Gasteiger partial charge in [0.1, 0.15) is 5.69 Å². The first-order chi connectivity index (χ1) is 6.61. The van der Waals surface area contributed by atoms with E-state index in [1.807, 2.05) is 0 Å². The third-order valence-electron chi connectivity index (χ3n) is 1.44. The van der Waals surface area contributed by atoms with Gasteiger partial charge >= 0.3 is 0 Å². The molecule has 14 heavy (non-hydrogen) atoms. The summed E-state index contributed by atoms with van der Waals surface area (Å²) in [7, 11) is 0. The molecule has 0 saturated carbocycles. The van der Waals surface area contributed by atoms with Gasteiger partial charge in [0.15, 0.2) is 5.03 Å². The number of anilines is 1. The highest BCUT2D eigenvalue weighted by atomic mass is 16.8. The molecule has 0 spiro atoms. The zero-order valence-corrected chi connectivity index (χ0v) is 8.08. The average molecular weight is 196 g/mol. The lowest BCUT2D eigenvalue weighted by Gasteiger charge is -2.14. The number of benzene rings is 1. The van der Waals surface area contributed by atoms with Crippen LogP contribution < -0.4 is 5.17 Å². The summed E-state index contributed by atoms with van der Waals surface area (Å²) in [5.74, 6) is 0. The molecule has 0 N–H and O–H groups in total. The molecule has 0 aliphatic heterocycles. The van der Waals surface area contributed by atoms with Crippen LogP contribution >= 0.6 is 0 Å². The minimum atomic E-state index is -0.588. The van der Waals surface area contributed by atoms with Crippen molar-refractivity contribution in [2.45, 2.75) is 20.0 Å². The van der Waals surface area contributed by atoms with Gasteiger partial charge in [0.25, 0.3) is 0 Å². The Labute approximate surface area is 82.0 Å². The normalized spacial score (nSPS) is 10.2. The number of hydrazine groups is 1. The molecule has 1 aromatic rings. The zero-order valence-electron chi connectivity index (χ0n) is 8.08. The Bertz CT molecular complexity index is 300. The molecule has 0 aliphatic carbocycles. The number of para-hydroxylation sites is 1. The number of nitrogens with zero attached hydrogens (tertiary/aromatic N) is 2. The Morgan fingerprint density at radius 3 is 2.36 bits per heavy atom. The predicted octanol–water partition coefficient (Wildman–Crippen LogP) is 2.02. The second kappa shape index (κ2) is 4.57. The molecule has 0 amide bonds. The molecule has 0 unspecified atom stereocenters. The van der Waals surface area contributed by atoms with E-state index in [-0.39, 0.29) is 6.10 Å². The highest BCUT2D eigenvalue weighted by Crippen LogP contribution is 2.14. The molecule has 0 saturated heterocycles. The predicted molar refractivity (Wildman–Crippen MR) is 52.1 cm³/mol. The van der Waals surface area contributed by atoms with Crippen LogP contribution in [0.2, 0.25) is 0 Å². The average Bonchev–Trinajstić information content (AvgIpc) is 2.15. The van der Waals surface area contributed by atoms with Gasteiger partial charge < -0.3 is 0 Å². The van der Waals surface area contributed by atoms with E-state index in [0.717, 1.165) is 0 Å². The molecule has 0 bridgehead atoms. The Morgan fingerprint density at radius 2 is 1.93 bits per heavy atom. The fraction of sp³-hybridized carbons (Fsp3) is 0.333. The molecular formula is C9H12N2O3. The maximum Gasteiger partial charge on any atom is 0.192 e. The standard InChI is InChI=1S/C9H12N2O3/c1-8(2)14-10(11(12)13)9-6-4-3-5-7-9/h3-8H,1-2H3. The molecule has 76 valence electrons. The lowest BCUT2D eigenvalue weighted by Crippen LogP contribution is -2.32. The Hall–Kier alpha value is -1.62. The highest BCUT2D eigenvalue weighted by molar-refractivity contribution is 5.40. The number of nitro groups is 1. The second-order valence-corrected chi connectivity index (χ2v) is 3.00. The van der Waals surface area contributed by atoms with Crippen LogP contribution in [0.4, 0.5) is 5.69 Å². The van der Waals surface area contributed by atoms with Crippen LogP contribution in [-0.4, -0.2) is 11.1 Å². The van der Waals surface area contributed by atoms with Crippen molar-refractivity contribution in [1.29, 1.82) is 0 Å². The molecule has 1 rings (SSSR count). The fourth-order valence-electron chi connectivity index (χ4n) is 0.949. The summed E-state index contributed by atoms with van der Waals surface area (Å²) >= 11 is 0. The Morgan fingerprint density at radius 1 is 1.36 bits per heavy atom. The van der Waals surface area contributed by atoms with Crippen molar-refractivity contribution in [2.75, 3.05) is 5.17 Å². The van der Waals surface area contributed by atoms with E-state index in [1.54, 1.807) is 44.2 Å². The van der Waals surface area contributed by atoms with Crippen LogP contribution in [0.5, 0.6) is 0 Å². The van der Waals surface area contributed by atoms with E-state index >= 15 is 0 Å². The van der Waals surface area contributed by atoms with Gasteiger partial charge in [-0.2, -0.15) is 0 Å². The molecule has 0 aromatic heterocycles. The summed E-state index contributed by atoms with van der Waals surface area (Å²) in [6.07, 6.45) is -0.236. The fourth-order valence-corrected chi connectivity index (χ4v) is 0.949. The molecule has 5 heteroatoms. The number of hydrogen-bond donors (Lipinski definition) is 0. The largest absolute Gasteiger partial charge is 0.232 e. The van der Waals surface area contributed by atoms with Crippen LogP contribution in [-0.2, 0) is 4.84 Å². The zero-order chi connectivity index (χ0) is 10.6. The second-order valence-electron chi connectivity index (χ2n) is 3.00. The molecule has 1 aromatic carbocycles. The summed E-state index contributed by atoms with van der Waals surface area (Å²) in [6.45, 7) is 3.47. The van der Waals surface area contributed by atoms with Gasteiger partial charge in [0.05, 0.1) is 6.10 Å². The first-order valence-electron chi connectivity index (χ1n) is 4.27. The third-order valence-corrected chi connectivity index (χ3v) is 1.44. The molecule has 0 aliphatic rings. The van der Waals surface area contributed by atoms with Crippen LogP contribution in [0, 0.1) is 10.1 Å². The Balaban J connectivity index is 2.84. The van der Waals surface area contributed by atoms with Crippen molar-refractivity contribution >= 4 is 5.69 Å². The van der Waals surface area contributed by atoms with E-state index in [1.165, 1.54) is 0 Å². The van der Waals surface area contributed by atoms with Gasteiger partial charge in [0.2, 0.25) is 0 Å². The van der Waals surface area contributed by atoms with Crippen molar-refractivity contribution in [1.82, 2.24) is 0 Å². The van der Waals surface area contributed by atoms with E-state index < -0.39 is 5.03 Å². The van der Waals surface area contributed by atoms with Crippen molar-refractivity contribution in [2.24, 2.45) is 0 Å². The topological polar surface area (TPSA) is 55.6 Å². The first-order valence-corrected chi connectivity index (χ1v) is 4.27. The third kappa shape index (κ3) is 2.70. The monoisotopic (exact) mass is 196 g/mol. The molecule has 0 radical (unpaired) electrons. The van der Waals surface area contributed by atoms with E-state index in [9.17, 15) is 10.1 Å². The first kappa shape index (κ1) is 10.5. The van der Waals surface area contributed by atoms with E-state index in [2.05, 4.69) is 0 Å². The lowest BCUT2D eigenvalue weighted by molar-refractivity contribution is -0.550. The quantitative estimate of drug-likeness (QED) is 0.546. The van der Waals surface area contributed by atoms with Gasteiger partial charge in [-0.15, -0.1) is 0 Å². The van der Waals surface area contributed by atoms with Gasteiger partial charge in [-0.1, -0.05) is 18.2 Å². The van der Waals surface area contributed by atoms with Crippen molar-refractivity contribution in [3.05, 3.63) is 40.4 Å².